The zero-order chi connectivity index (χ0) is 15.4. The standard InChI is InChI=1S/C17H18F3N/c1-3-21-17(8-12-7-5-4-6-11(12)2)13-9-15(19)16(20)10-14(13)18/h4-7,9-10,17,21H,3,8H2,1-2H3. The van der Waals surface area contributed by atoms with Crippen molar-refractivity contribution in [1.29, 1.82) is 0 Å². The van der Waals surface area contributed by atoms with E-state index in [0.717, 1.165) is 17.2 Å². The van der Waals surface area contributed by atoms with Crippen LogP contribution in [0.25, 0.3) is 0 Å². The summed E-state index contributed by atoms with van der Waals surface area (Å²) in [7, 11) is 0. The van der Waals surface area contributed by atoms with E-state index in [2.05, 4.69) is 5.32 Å². The minimum atomic E-state index is -1.16. The highest BCUT2D eigenvalue weighted by Crippen LogP contribution is 2.25. The van der Waals surface area contributed by atoms with Gasteiger partial charge in [-0.2, -0.15) is 0 Å². The number of rotatable bonds is 5. The van der Waals surface area contributed by atoms with Crippen molar-refractivity contribution >= 4 is 0 Å². The van der Waals surface area contributed by atoms with Gasteiger partial charge in [-0.3, -0.25) is 0 Å². The van der Waals surface area contributed by atoms with Crippen LogP contribution in [-0.2, 0) is 6.42 Å². The summed E-state index contributed by atoms with van der Waals surface area (Å²) in [5.74, 6) is -2.92. The third-order valence-electron chi connectivity index (χ3n) is 3.55. The maximum Gasteiger partial charge on any atom is 0.161 e. The van der Waals surface area contributed by atoms with Gasteiger partial charge >= 0.3 is 0 Å². The molecule has 0 spiro atoms. The van der Waals surface area contributed by atoms with E-state index in [9.17, 15) is 13.2 Å². The molecule has 0 aromatic heterocycles. The van der Waals surface area contributed by atoms with Gasteiger partial charge in [0.25, 0.3) is 0 Å². The van der Waals surface area contributed by atoms with Gasteiger partial charge in [0.2, 0.25) is 0 Å². The number of nitrogens with one attached hydrogen (secondary N) is 1. The second-order valence-corrected chi connectivity index (χ2v) is 5.03. The van der Waals surface area contributed by atoms with Gasteiger partial charge in [0.15, 0.2) is 11.6 Å². The summed E-state index contributed by atoms with van der Waals surface area (Å²) in [5, 5.41) is 3.13. The summed E-state index contributed by atoms with van der Waals surface area (Å²) in [6, 6.07) is 8.92. The van der Waals surface area contributed by atoms with E-state index < -0.39 is 23.5 Å². The number of hydrogen-bond donors (Lipinski definition) is 1. The molecule has 1 atom stereocenters. The van der Waals surface area contributed by atoms with Crippen LogP contribution >= 0.6 is 0 Å². The Balaban J connectivity index is 2.35. The minimum Gasteiger partial charge on any atom is -0.310 e. The van der Waals surface area contributed by atoms with Crippen LogP contribution < -0.4 is 5.32 Å². The molecule has 0 fully saturated rings. The molecule has 4 heteroatoms. The third-order valence-corrected chi connectivity index (χ3v) is 3.55. The Morgan fingerprint density at radius 3 is 2.33 bits per heavy atom. The fourth-order valence-corrected chi connectivity index (χ4v) is 2.40. The zero-order valence-electron chi connectivity index (χ0n) is 12.1. The van der Waals surface area contributed by atoms with Gasteiger partial charge in [-0.05, 0) is 37.1 Å². The van der Waals surface area contributed by atoms with Gasteiger partial charge in [-0.25, -0.2) is 13.2 Å². The molecule has 0 amide bonds. The van der Waals surface area contributed by atoms with Crippen LogP contribution in [0.3, 0.4) is 0 Å². The average molecular weight is 293 g/mol. The Morgan fingerprint density at radius 2 is 1.67 bits per heavy atom. The summed E-state index contributed by atoms with van der Waals surface area (Å²) >= 11 is 0. The van der Waals surface area contributed by atoms with E-state index in [0.29, 0.717) is 19.0 Å². The van der Waals surface area contributed by atoms with Gasteiger partial charge in [-0.15, -0.1) is 0 Å². The lowest BCUT2D eigenvalue weighted by Gasteiger charge is -2.20. The van der Waals surface area contributed by atoms with Crippen LogP contribution in [0.4, 0.5) is 13.2 Å². The monoisotopic (exact) mass is 293 g/mol. The van der Waals surface area contributed by atoms with Crippen molar-refractivity contribution in [1.82, 2.24) is 5.32 Å². The zero-order valence-corrected chi connectivity index (χ0v) is 12.1. The van der Waals surface area contributed by atoms with Crippen molar-refractivity contribution in [3.05, 3.63) is 70.5 Å². The minimum absolute atomic E-state index is 0.152. The van der Waals surface area contributed by atoms with E-state index in [4.69, 9.17) is 0 Å². The van der Waals surface area contributed by atoms with E-state index in [1.54, 1.807) is 0 Å². The molecular formula is C17H18F3N. The van der Waals surface area contributed by atoms with Crippen molar-refractivity contribution in [2.75, 3.05) is 6.54 Å². The molecular weight excluding hydrogens is 275 g/mol. The number of aryl methyl sites for hydroxylation is 1. The molecule has 0 aliphatic carbocycles. The highest BCUT2D eigenvalue weighted by atomic mass is 19.2. The molecule has 0 saturated heterocycles. The Hall–Kier alpha value is -1.81. The van der Waals surface area contributed by atoms with Crippen molar-refractivity contribution in [3.63, 3.8) is 0 Å². The number of likely N-dealkylation sites (N-methyl/N-ethyl adjacent to an activating group) is 1. The van der Waals surface area contributed by atoms with Gasteiger partial charge in [0, 0.05) is 17.7 Å². The Labute approximate surface area is 122 Å². The average Bonchev–Trinajstić information content (AvgIpc) is 2.45. The number of benzene rings is 2. The summed E-state index contributed by atoms with van der Waals surface area (Å²) in [6.07, 6.45) is 0.516. The fraction of sp³-hybridized carbons (Fsp3) is 0.294. The Bertz CT molecular complexity index is 625. The highest BCUT2D eigenvalue weighted by Gasteiger charge is 2.19. The predicted molar refractivity (Wildman–Crippen MR) is 77.6 cm³/mol. The van der Waals surface area contributed by atoms with Crippen molar-refractivity contribution in [3.8, 4) is 0 Å². The van der Waals surface area contributed by atoms with Gasteiger partial charge in [0.05, 0.1) is 0 Å². The third kappa shape index (κ3) is 3.64. The molecule has 0 aliphatic heterocycles. The van der Waals surface area contributed by atoms with Crippen LogP contribution in [0, 0.1) is 24.4 Å². The molecule has 0 bridgehead atoms. The molecule has 1 nitrogen and oxygen atoms in total. The first-order valence-electron chi connectivity index (χ1n) is 6.95. The molecule has 2 aromatic carbocycles. The normalized spacial score (nSPS) is 12.4. The van der Waals surface area contributed by atoms with Crippen molar-refractivity contribution < 1.29 is 13.2 Å². The number of halogens is 3. The van der Waals surface area contributed by atoms with E-state index in [-0.39, 0.29) is 5.56 Å². The lowest BCUT2D eigenvalue weighted by Crippen LogP contribution is -2.24. The van der Waals surface area contributed by atoms with Crippen LogP contribution in [0.15, 0.2) is 36.4 Å². The van der Waals surface area contributed by atoms with Crippen LogP contribution in [0.2, 0.25) is 0 Å². The first kappa shape index (κ1) is 15.6. The molecule has 0 heterocycles. The predicted octanol–water partition coefficient (Wildman–Crippen LogP) is 4.31. The smallest absolute Gasteiger partial charge is 0.161 e. The summed E-state index contributed by atoms with van der Waals surface area (Å²) in [5.41, 5.74) is 2.29. The molecule has 0 radical (unpaired) electrons. The maximum absolute atomic E-state index is 14.0. The van der Waals surface area contributed by atoms with E-state index >= 15 is 0 Å². The second-order valence-electron chi connectivity index (χ2n) is 5.03. The SMILES string of the molecule is CCNC(Cc1ccccc1C)c1cc(F)c(F)cc1F. The van der Waals surface area contributed by atoms with Crippen molar-refractivity contribution in [2.45, 2.75) is 26.3 Å². The largest absolute Gasteiger partial charge is 0.310 e. The lowest BCUT2D eigenvalue weighted by molar-refractivity contribution is 0.467. The Kier molecular flexibility index (Phi) is 5.02. The van der Waals surface area contributed by atoms with E-state index in [1.807, 2.05) is 38.1 Å². The summed E-state index contributed by atoms with van der Waals surface area (Å²) < 4.78 is 40.4. The molecule has 2 rings (SSSR count). The quantitative estimate of drug-likeness (QED) is 0.810. The molecule has 1 N–H and O–H groups in total. The molecule has 1 unspecified atom stereocenters. The van der Waals surface area contributed by atoms with Crippen LogP contribution in [0.1, 0.15) is 29.7 Å². The first-order valence-corrected chi connectivity index (χ1v) is 6.95. The first-order chi connectivity index (χ1) is 10.0. The fourth-order valence-electron chi connectivity index (χ4n) is 2.40. The second kappa shape index (κ2) is 6.76. The van der Waals surface area contributed by atoms with Crippen LogP contribution in [-0.4, -0.2) is 6.54 Å². The highest BCUT2D eigenvalue weighted by molar-refractivity contribution is 5.30. The molecule has 0 aliphatic rings. The molecule has 112 valence electrons. The molecule has 21 heavy (non-hydrogen) atoms. The number of hydrogen-bond acceptors (Lipinski definition) is 1. The van der Waals surface area contributed by atoms with E-state index in [1.165, 1.54) is 0 Å². The topological polar surface area (TPSA) is 12.0 Å². The van der Waals surface area contributed by atoms with Gasteiger partial charge < -0.3 is 5.32 Å². The summed E-state index contributed by atoms with van der Waals surface area (Å²) in [6.45, 7) is 4.47. The maximum atomic E-state index is 14.0. The van der Waals surface area contributed by atoms with Gasteiger partial charge in [-0.1, -0.05) is 31.2 Å². The Morgan fingerprint density at radius 1 is 1.00 bits per heavy atom. The molecule has 0 saturated carbocycles. The molecule has 2 aromatic rings. The lowest BCUT2D eigenvalue weighted by atomic mass is 9.95. The van der Waals surface area contributed by atoms with Crippen LogP contribution in [0.5, 0.6) is 0 Å². The van der Waals surface area contributed by atoms with Gasteiger partial charge in [0.1, 0.15) is 5.82 Å². The summed E-state index contributed by atoms with van der Waals surface area (Å²) in [4.78, 5) is 0. The van der Waals surface area contributed by atoms with Crippen molar-refractivity contribution in [2.24, 2.45) is 0 Å².